The zero-order chi connectivity index (χ0) is 38.0. The van der Waals surface area contributed by atoms with E-state index in [1.54, 1.807) is 12.1 Å². The minimum atomic E-state index is -0.0655. The number of carbonyl (C=O) groups excluding carboxylic acids is 2. The van der Waals surface area contributed by atoms with Gasteiger partial charge >= 0.3 is 0 Å². The molecule has 11 heteroatoms. The zero-order valence-corrected chi connectivity index (χ0v) is 33.2. The lowest BCUT2D eigenvalue weighted by Crippen LogP contribution is -2.31. The molecular formula is C42H48Cl2N4O5. The van der Waals surface area contributed by atoms with Crippen LogP contribution in [0, 0.1) is 33.6 Å². The lowest BCUT2D eigenvalue weighted by Gasteiger charge is -2.22. The summed E-state index contributed by atoms with van der Waals surface area (Å²) in [5, 5.41) is 7.07. The first-order valence-electron chi connectivity index (χ1n) is 18.3. The molecule has 1 aliphatic rings. The number of halogens is 2. The minimum Gasteiger partial charge on any atom is -0.494 e. The third-order valence-electron chi connectivity index (χ3n) is 10.0. The van der Waals surface area contributed by atoms with E-state index in [4.69, 9.17) is 42.5 Å². The third kappa shape index (κ3) is 8.06. The van der Waals surface area contributed by atoms with Gasteiger partial charge in [0.15, 0.2) is 0 Å². The molecule has 0 saturated heterocycles. The van der Waals surface area contributed by atoms with Gasteiger partial charge in [-0.2, -0.15) is 5.10 Å². The number of benzene rings is 3. The molecule has 3 aromatic carbocycles. The maximum absolute atomic E-state index is 14.9. The highest BCUT2D eigenvalue weighted by Crippen LogP contribution is 2.43. The number of hydrogen-bond acceptors (Lipinski definition) is 6. The summed E-state index contributed by atoms with van der Waals surface area (Å²) in [6.07, 6.45) is 2.93. The summed E-state index contributed by atoms with van der Waals surface area (Å²) < 4.78 is 21.6. The van der Waals surface area contributed by atoms with Gasteiger partial charge in [0, 0.05) is 60.0 Å². The Morgan fingerprint density at radius 2 is 1.60 bits per heavy atom. The van der Waals surface area contributed by atoms with Gasteiger partial charge in [-0.25, -0.2) is 0 Å². The number of aryl methyl sites for hydroxylation is 6. The van der Waals surface area contributed by atoms with E-state index >= 15 is 0 Å². The molecular weight excluding hydrogens is 711 g/mol. The normalized spacial score (nSPS) is 13.1. The van der Waals surface area contributed by atoms with Crippen LogP contribution in [0.2, 0.25) is 10.0 Å². The van der Waals surface area contributed by atoms with E-state index in [1.807, 2.05) is 74.7 Å². The minimum absolute atomic E-state index is 0.0655. The van der Waals surface area contributed by atoms with Gasteiger partial charge in [0.25, 0.3) is 12.4 Å². The van der Waals surface area contributed by atoms with Crippen molar-refractivity contribution in [3.05, 3.63) is 91.8 Å². The first-order chi connectivity index (χ1) is 25.4. The second-order valence-corrected chi connectivity index (χ2v) is 15.2. The molecule has 6 rings (SSSR count). The van der Waals surface area contributed by atoms with Crippen molar-refractivity contribution in [2.24, 2.45) is 13.0 Å². The van der Waals surface area contributed by atoms with Crippen molar-refractivity contribution >= 4 is 46.5 Å². The number of hydrogen-bond donors (Lipinski definition) is 0. The molecule has 280 valence electrons. The summed E-state index contributed by atoms with van der Waals surface area (Å²) in [7, 11) is 1.94. The summed E-state index contributed by atoms with van der Waals surface area (Å²) in [6.45, 7) is 15.2. The number of nitrogens with zero attached hydrogens (tertiary/aromatic N) is 4. The maximum atomic E-state index is 14.9. The molecule has 0 bridgehead atoms. The van der Waals surface area contributed by atoms with Crippen LogP contribution in [0.3, 0.4) is 0 Å². The second kappa shape index (κ2) is 16.3. The highest BCUT2D eigenvalue weighted by atomic mass is 35.5. The fourth-order valence-corrected chi connectivity index (χ4v) is 7.76. The van der Waals surface area contributed by atoms with Crippen LogP contribution >= 0.6 is 23.2 Å². The molecule has 1 aliphatic heterocycles. The number of carbonyl (C=O) groups is 2. The van der Waals surface area contributed by atoms with Crippen LogP contribution in [0.15, 0.2) is 42.5 Å². The Bertz CT molecular complexity index is 2150. The molecule has 9 nitrogen and oxygen atoms in total. The fraction of sp³-hybridized carbons (Fsp3) is 0.405. The van der Waals surface area contributed by atoms with Crippen molar-refractivity contribution in [1.82, 2.24) is 19.2 Å². The summed E-state index contributed by atoms with van der Waals surface area (Å²) in [4.78, 5) is 28.1. The van der Waals surface area contributed by atoms with E-state index < -0.39 is 0 Å². The molecule has 3 heterocycles. The van der Waals surface area contributed by atoms with E-state index in [1.165, 1.54) is 0 Å². The average molecular weight is 760 g/mol. The average Bonchev–Trinajstić information content (AvgIpc) is 3.48. The van der Waals surface area contributed by atoms with Crippen molar-refractivity contribution in [2.75, 3.05) is 19.8 Å². The van der Waals surface area contributed by atoms with Crippen LogP contribution in [0.4, 0.5) is 0 Å². The molecule has 1 amide bonds. The molecule has 0 radical (unpaired) electrons. The highest BCUT2D eigenvalue weighted by Gasteiger charge is 2.32. The Balaban J connectivity index is 1.40. The van der Waals surface area contributed by atoms with Crippen molar-refractivity contribution in [3.8, 4) is 28.4 Å². The molecule has 0 atom stereocenters. The Hall–Kier alpha value is -4.47. The monoisotopic (exact) mass is 758 g/mol. The summed E-state index contributed by atoms with van der Waals surface area (Å²) in [5.74, 6) is 2.17. The van der Waals surface area contributed by atoms with Gasteiger partial charge < -0.3 is 23.7 Å². The van der Waals surface area contributed by atoms with Gasteiger partial charge in [0.05, 0.1) is 29.4 Å². The zero-order valence-electron chi connectivity index (χ0n) is 31.6. The largest absolute Gasteiger partial charge is 0.494 e. The van der Waals surface area contributed by atoms with Crippen LogP contribution in [-0.4, -0.2) is 51.4 Å². The SMILES string of the molecule is Cc1cc(OCCCc2c3n(c4c(-c5c(C)nn(C)c5C)c(Cl)ccc24)CCCN(Cc2cc(OC=O)cc(OCCC(C)C)c2)C3=O)cc(C)c1Cl. The topological polar surface area (TPSA) is 87.8 Å². The fourth-order valence-electron chi connectivity index (χ4n) is 7.40. The number of amides is 1. The van der Waals surface area contributed by atoms with E-state index in [-0.39, 0.29) is 5.91 Å². The van der Waals surface area contributed by atoms with Crippen LogP contribution in [0.1, 0.15) is 77.2 Å². The van der Waals surface area contributed by atoms with Crippen LogP contribution < -0.4 is 14.2 Å². The van der Waals surface area contributed by atoms with Crippen LogP contribution in [-0.2, 0) is 31.4 Å². The Labute approximate surface area is 321 Å². The second-order valence-electron chi connectivity index (χ2n) is 14.4. The van der Waals surface area contributed by atoms with Gasteiger partial charge in [-0.3, -0.25) is 14.3 Å². The summed E-state index contributed by atoms with van der Waals surface area (Å²) in [6, 6.07) is 13.3. The van der Waals surface area contributed by atoms with Crippen LogP contribution in [0.25, 0.3) is 22.0 Å². The molecule has 0 fully saturated rings. The summed E-state index contributed by atoms with van der Waals surface area (Å²) >= 11 is 13.5. The number of aromatic nitrogens is 3. The molecule has 5 aromatic rings. The van der Waals surface area contributed by atoms with E-state index in [2.05, 4.69) is 18.4 Å². The van der Waals surface area contributed by atoms with Gasteiger partial charge in [0.2, 0.25) is 0 Å². The lowest BCUT2D eigenvalue weighted by atomic mass is 9.98. The smallest absolute Gasteiger partial charge is 0.298 e. The molecule has 0 aliphatic carbocycles. The van der Waals surface area contributed by atoms with Gasteiger partial charge in [-0.15, -0.1) is 0 Å². The van der Waals surface area contributed by atoms with Crippen molar-refractivity contribution in [2.45, 2.75) is 80.3 Å². The van der Waals surface area contributed by atoms with Crippen molar-refractivity contribution in [3.63, 3.8) is 0 Å². The lowest BCUT2D eigenvalue weighted by molar-refractivity contribution is -0.120. The predicted molar refractivity (Wildman–Crippen MR) is 211 cm³/mol. The Morgan fingerprint density at radius 1 is 0.906 bits per heavy atom. The first kappa shape index (κ1) is 38.3. The third-order valence-corrected chi connectivity index (χ3v) is 11.0. The van der Waals surface area contributed by atoms with Crippen molar-refractivity contribution in [1.29, 1.82) is 0 Å². The number of fused-ring (bicyclic) bond motifs is 3. The maximum Gasteiger partial charge on any atom is 0.298 e. The van der Waals surface area contributed by atoms with E-state index in [0.29, 0.717) is 80.3 Å². The standard InChI is InChI=1S/C42H48Cl2N4O5/c1-25(2)13-17-52-32-20-30(21-33(22-32)53-24-49)23-47-14-9-15-48-40-35(11-12-36(43)38(40)37-28(5)45-46(7)29(37)6)34(41(48)42(47)50)10-8-16-51-31-18-26(3)39(44)27(4)19-31/h11-12,18-22,24-25H,8-10,13-17,23H2,1-7H3. The summed E-state index contributed by atoms with van der Waals surface area (Å²) in [5.41, 5.74) is 9.09. The van der Waals surface area contributed by atoms with Gasteiger partial charge in [-0.1, -0.05) is 43.1 Å². The van der Waals surface area contributed by atoms with Crippen molar-refractivity contribution < 1.29 is 23.8 Å². The van der Waals surface area contributed by atoms with E-state index in [0.717, 1.165) is 79.3 Å². The Kier molecular flexibility index (Phi) is 11.7. The molecule has 0 unspecified atom stereocenters. The molecule has 0 saturated carbocycles. The van der Waals surface area contributed by atoms with Gasteiger partial charge in [0.1, 0.15) is 22.9 Å². The Morgan fingerprint density at radius 3 is 2.28 bits per heavy atom. The number of rotatable bonds is 14. The quantitative estimate of drug-likeness (QED) is 0.0828. The predicted octanol–water partition coefficient (Wildman–Crippen LogP) is 9.60. The highest BCUT2D eigenvalue weighted by molar-refractivity contribution is 6.35. The first-order valence-corrected chi connectivity index (χ1v) is 19.0. The molecule has 0 spiro atoms. The molecule has 0 N–H and O–H groups in total. The number of ether oxygens (including phenoxy) is 3. The molecule has 2 aromatic heterocycles. The van der Waals surface area contributed by atoms with Crippen LogP contribution in [0.5, 0.6) is 17.2 Å². The molecule has 53 heavy (non-hydrogen) atoms. The van der Waals surface area contributed by atoms with E-state index in [9.17, 15) is 9.59 Å². The van der Waals surface area contributed by atoms with Gasteiger partial charge in [-0.05, 0) is 112 Å².